The second-order valence-corrected chi connectivity index (χ2v) is 7.97. The van der Waals surface area contributed by atoms with Crippen LogP contribution in [0, 0.1) is 0 Å². The van der Waals surface area contributed by atoms with Crippen LogP contribution >= 0.6 is 11.6 Å². The van der Waals surface area contributed by atoms with E-state index in [0.29, 0.717) is 23.2 Å². The molecule has 2 N–H and O–H groups in total. The maximum absolute atomic E-state index is 10.3. The topological polar surface area (TPSA) is 61.3 Å². The highest BCUT2D eigenvalue weighted by molar-refractivity contribution is 6.29. The maximum atomic E-state index is 10.3. The van der Waals surface area contributed by atoms with E-state index in [0.717, 1.165) is 50.4 Å². The molecule has 4 rings (SSSR count). The molecule has 2 heterocycles. The fraction of sp³-hybridized carbons (Fsp3) is 0.778. The summed E-state index contributed by atoms with van der Waals surface area (Å²) >= 11 is 6.15. The van der Waals surface area contributed by atoms with Gasteiger partial charge >= 0.3 is 0 Å². The molecule has 0 spiro atoms. The number of piperidine rings is 1. The zero-order valence-electron chi connectivity index (χ0n) is 14.1. The zero-order chi connectivity index (χ0) is 16.5. The van der Waals surface area contributed by atoms with E-state index in [4.69, 9.17) is 11.6 Å². The lowest BCUT2D eigenvalue weighted by molar-refractivity contribution is 0.00992. The van der Waals surface area contributed by atoms with Gasteiger partial charge in [-0.1, -0.05) is 24.4 Å². The Kier molecular flexibility index (Phi) is 4.93. The van der Waals surface area contributed by atoms with Crippen LogP contribution in [0.1, 0.15) is 63.1 Å². The summed E-state index contributed by atoms with van der Waals surface area (Å²) in [5, 5.41) is 14.3. The average Bonchev–Trinajstić information content (AvgIpc) is 3.41. The summed E-state index contributed by atoms with van der Waals surface area (Å²) in [4.78, 5) is 11.5. The number of anilines is 1. The third-order valence-electron chi connectivity index (χ3n) is 5.70. The minimum atomic E-state index is -0.134. The largest absolute Gasteiger partial charge is 0.391 e. The third kappa shape index (κ3) is 3.84. The second-order valence-electron chi connectivity index (χ2n) is 7.58. The first-order valence-corrected chi connectivity index (χ1v) is 9.80. The van der Waals surface area contributed by atoms with Crippen molar-refractivity contribution in [3.8, 4) is 0 Å². The molecule has 24 heavy (non-hydrogen) atoms. The lowest BCUT2D eigenvalue weighted by Crippen LogP contribution is -2.50. The number of aliphatic hydroxyl groups is 1. The molecule has 1 aliphatic heterocycles. The fourth-order valence-electron chi connectivity index (χ4n) is 4.14. The van der Waals surface area contributed by atoms with Gasteiger partial charge in [0, 0.05) is 37.2 Å². The molecule has 0 amide bonds. The minimum absolute atomic E-state index is 0.134. The lowest BCUT2D eigenvalue weighted by Gasteiger charge is -2.41. The van der Waals surface area contributed by atoms with Crippen LogP contribution in [0.25, 0.3) is 0 Å². The zero-order valence-corrected chi connectivity index (χ0v) is 14.9. The van der Waals surface area contributed by atoms with Crippen LogP contribution in [0.5, 0.6) is 0 Å². The SMILES string of the molecule is OC1CCCCC1N1CCC(Nc2cc(Cl)nc(C3CC3)n2)CC1. The van der Waals surface area contributed by atoms with E-state index >= 15 is 0 Å². The Morgan fingerprint density at radius 3 is 2.50 bits per heavy atom. The van der Waals surface area contributed by atoms with Crippen LogP contribution in [0.2, 0.25) is 5.15 Å². The number of hydrogen-bond acceptors (Lipinski definition) is 5. The van der Waals surface area contributed by atoms with Crippen LogP contribution in [0.3, 0.4) is 0 Å². The average molecular weight is 351 g/mol. The van der Waals surface area contributed by atoms with Gasteiger partial charge in [-0.15, -0.1) is 0 Å². The van der Waals surface area contributed by atoms with Crippen LogP contribution in [-0.2, 0) is 0 Å². The minimum Gasteiger partial charge on any atom is -0.391 e. The monoisotopic (exact) mass is 350 g/mol. The maximum Gasteiger partial charge on any atom is 0.135 e. The number of aromatic nitrogens is 2. The van der Waals surface area contributed by atoms with Crippen molar-refractivity contribution in [2.24, 2.45) is 0 Å². The van der Waals surface area contributed by atoms with Crippen molar-refractivity contribution in [2.75, 3.05) is 18.4 Å². The molecular formula is C18H27ClN4O. The molecule has 1 saturated heterocycles. The van der Waals surface area contributed by atoms with Gasteiger partial charge in [-0.3, -0.25) is 4.90 Å². The Hall–Kier alpha value is -0.910. The molecule has 2 saturated carbocycles. The molecule has 0 aromatic carbocycles. The highest BCUT2D eigenvalue weighted by atomic mass is 35.5. The molecule has 2 unspecified atom stereocenters. The normalized spacial score (nSPS) is 29.6. The Bertz CT molecular complexity index is 572. The van der Waals surface area contributed by atoms with Crippen molar-refractivity contribution in [1.82, 2.24) is 14.9 Å². The first-order valence-electron chi connectivity index (χ1n) is 9.42. The predicted molar refractivity (Wildman–Crippen MR) is 95.5 cm³/mol. The first kappa shape index (κ1) is 16.6. The van der Waals surface area contributed by atoms with E-state index in [2.05, 4.69) is 20.2 Å². The molecule has 0 radical (unpaired) electrons. The van der Waals surface area contributed by atoms with Crippen molar-refractivity contribution in [2.45, 2.75) is 75.5 Å². The van der Waals surface area contributed by atoms with Gasteiger partial charge in [0.05, 0.1) is 6.10 Å². The smallest absolute Gasteiger partial charge is 0.135 e. The number of halogens is 1. The van der Waals surface area contributed by atoms with Gasteiger partial charge in [-0.2, -0.15) is 0 Å². The van der Waals surface area contributed by atoms with E-state index in [1.54, 1.807) is 0 Å². The Balaban J connectivity index is 1.33. The molecule has 3 aliphatic rings. The second kappa shape index (κ2) is 7.14. The van der Waals surface area contributed by atoms with Crippen LogP contribution in [-0.4, -0.2) is 51.3 Å². The fourth-order valence-corrected chi connectivity index (χ4v) is 4.33. The van der Waals surface area contributed by atoms with E-state index < -0.39 is 0 Å². The molecule has 5 nitrogen and oxygen atoms in total. The van der Waals surface area contributed by atoms with Gasteiger partial charge in [0.15, 0.2) is 0 Å². The quantitative estimate of drug-likeness (QED) is 0.816. The number of nitrogens with zero attached hydrogens (tertiary/aromatic N) is 3. The van der Waals surface area contributed by atoms with Crippen LogP contribution in [0.15, 0.2) is 6.07 Å². The van der Waals surface area contributed by atoms with Gasteiger partial charge in [0.2, 0.25) is 0 Å². The van der Waals surface area contributed by atoms with E-state index in [9.17, 15) is 5.11 Å². The van der Waals surface area contributed by atoms with Crippen LogP contribution in [0.4, 0.5) is 5.82 Å². The highest BCUT2D eigenvalue weighted by Crippen LogP contribution is 2.39. The summed E-state index contributed by atoms with van der Waals surface area (Å²) in [7, 11) is 0. The summed E-state index contributed by atoms with van der Waals surface area (Å²) in [6.07, 6.45) is 8.94. The van der Waals surface area contributed by atoms with Gasteiger partial charge in [-0.05, 0) is 38.5 Å². The van der Waals surface area contributed by atoms with Crippen molar-refractivity contribution >= 4 is 17.4 Å². The number of nitrogens with one attached hydrogen (secondary N) is 1. The van der Waals surface area contributed by atoms with E-state index in [1.807, 2.05) is 6.07 Å². The van der Waals surface area contributed by atoms with E-state index in [1.165, 1.54) is 25.7 Å². The standard InChI is InChI=1S/C18H27ClN4O/c19-16-11-17(22-18(21-16)12-5-6-12)20-13-7-9-23(10-8-13)14-3-1-2-4-15(14)24/h11-15,24H,1-10H2,(H,20,21,22). The number of aliphatic hydroxyl groups excluding tert-OH is 1. The summed E-state index contributed by atoms with van der Waals surface area (Å²) in [5.41, 5.74) is 0. The summed E-state index contributed by atoms with van der Waals surface area (Å²) in [6.45, 7) is 2.10. The molecule has 1 aromatic heterocycles. The Morgan fingerprint density at radius 1 is 1.04 bits per heavy atom. The number of likely N-dealkylation sites (tertiary alicyclic amines) is 1. The Morgan fingerprint density at radius 2 is 1.79 bits per heavy atom. The van der Waals surface area contributed by atoms with Gasteiger partial charge in [-0.25, -0.2) is 9.97 Å². The summed E-state index contributed by atoms with van der Waals surface area (Å²) < 4.78 is 0. The lowest BCUT2D eigenvalue weighted by atomic mass is 9.89. The molecular weight excluding hydrogens is 324 g/mol. The van der Waals surface area contributed by atoms with Gasteiger partial charge < -0.3 is 10.4 Å². The van der Waals surface area contributed by atoms with Crippen molar-refractivity contribution < 1.29 is 5.11 Å². The highest BCUT2D eigenvalue weighted by Gasteiger charge is 2.32. The van der Waals surface area contributed by atoms with Gasteiger partial charge in [0.1, 0.15) is 16.8 Å². The summed E-state index contributed by atoms with van der Waals surface area (Å²) in [5.74, 6) is 2.28. The third-order valence-corrected chi connectivity index (χ3v) is 5.89. The van der Waals surface area contributed by atoms with Crippen molar-refractivity contribution in [3.05, 3.63) is 17.0 Å². The van der Waals surface area contributed by atoms with Crippen molar-refractivity contribution in [1.29, 1.82) is 0 Å². The molecule has 2 atom stereocenters. The Labute approximate surface area is 148 Å². The van der Waals surface area contributed by atoms with Crippen LogP contribution < -0.4 is 5.32 Å². The number of hydrogen-bond donors (Lipinski definition) is 2. The van der Waals surface area contributed by atoms with Gasteiger partial charge in [0.25, 0.3) is 0 Å². The molecule has 0 bridgehead atoms. The van der Waals surface area contributed by atoms with E-state index in [-0.39, 0.29) is 6.10 Å². The molecule has 1 aromatic rings. The first-order chi connectivity index (χ1) is 11.7. The number of rotatable bonds is 4. The van der Waals surface area contributed by atoms with Crippen molar-refractivity contribution in [3.63, 3.8) is 0 Å². The molecule has 132 valence electrons. The summed E-state index contributed by atoms with van der Waals surface area (Å²) in [6, 6.07) is 2.64. The molecule has 3 fully saturated rings. The molecule has 2 aliphatic carbocycles. The predicted octanol–water partition coefficient (Wildman–Crippen LogP) is 3.19. The molecule has 6 heteroatoms.